The van der Waals surface area contributed by atoms with Crippen molar-refractivity contribution < 1.29 is 33.4 Å². The van der Waals surface area contributed by atoms with Crippen LogP contribution >= 0.6 is 0 Å². The normalized spacial score (nSPS) is 12.4. The molecule has 0 spiro atoms. The Morgan fingerprint density at radius 3 is 2.48 bits per heavy atom. The van der Waals surface area contributed by atoms with E-state index in [0.717, 1.165) is 0 Å². The van der Waals surface area contributed by atoms with E-state index in [1.807, 2.05) is 6.92 Å². The van der Waals surface area contributed by atoms with Crippen molar-refractivity contribution in [1.82, 2.24) is 0 Å². The molecule has 0 saturated heterocycles. The molecular weight excluding hydrogens is 428 g/mol. The summed E-state index contributed by atoms with van der Waals surface area (Å²) in [6.45, 7) is 3.91. The maximum absolute atomic E-state index is 12.6. The van der Waals surface area contributed by atoms with E-state index >= 15 is 0 Å². The largest absolute Gasteiger partial charge is 0.494 e. The first-order chi connectivity index (χ1) is 15.9. The van der Waals surface area contributed by atoms with Gasteiger partial charge < -0.3 is 19.5 Å². The predicted molar refractivity (Wildman–Crippen MR) is 121 cm³/mol. The molecule has 0 saturated carbocycles. The number of Topliss-reactive ketones (excluding diaryl/α,β-unsaturated/α-hetero) is 1. The molecule has 33 heavy (non-hydrogen) atoms. The maximum atomic E-state index is 12.6. The minimum Gasteiger partial charge on any atom is -0.494 e. The van der Waals surface area contributed by atoms with Gasteiger partial charge in [0, 0.05) is 17.7 Å². The molecule has 0 atom stereocenters. The summed E-state index contributed by atoms with van der Waals surface area (Å²) in [5.41, 5.74) is 1.20. The van der Waals surface area contributed by atoms with Crippen molar-refractivity contribution in [1.29, 1.82) is 0 Å². The third-order valence-corrected chi connectivity index (χ3v) is 4.84. The first-order valence-corrected chi connectivity index (χ1v) is 10.7. The van der Waals surface area contributed by atoms with Crippen LogP contribution in [0.2, 0.25) is 0 Å². The highest BCUT2D eigenvalue weighted by Crippen LogP contribution is 2.33. The smallest absolute Gasteiger partial charge is 0.306 e. The van der Waals surface area contributed by atoms with Gasteiger partial charge in [-0.15, -0.1) is 0 Å². The fourth-order valence-corrected chi connectivity index (χ4v) is 3.29. The molecule has 0 fully saturated rings. The Balaban J connectivity index is 1.70. The Morgan fingerprint density at radius 1 is 1.03 bits per heavy atom. The number of carbonyl (C=O) groups is 4. The van der Waals surface area contributed by atoms with Crippen molar-refractivity contribution in [2.45, 2.75) is 26.7 Å². The fraction of sp³-hybridized carbons (Fsp3) is 0.333. The number of hydrogen-bond acceptors (Lipinski definition) is 7. The van der Waals surface area contributed by atoms with Gasteiger partial charge in [0.25, 0.3) is 5.91 Å². The average molecular weight is 454 g/mol. The van der Waals surface area contributed by atoms with Gasteiger partial charge in [-0.1, -0.05) is 0 Å². The number of amides is 2. The fourth-order valence-electron chi connectivity index (χ4n) is 3.29. The SMILES string of the molecule is CCOC(=O)CCC(=O)c1ccc2c(c1)N(CC(=O)Nc1ccc(OCC)cc1)C(=O)CO2. The van der Waals surface area contributed by atoms with Crippen LogP contribution in [0, 0.1) is 0 Å². The summed E-state index contributed by atoms with van der Waals surface area (Å²) in [5.74, 6) is -0.448. The number of rotatable bonds is 10. The molecule has 0 aromatic heterocycles. The first-order valence-electron chi connectivity index (χ1n) is 10.7. The molecule has 9 nitrogen and oxygen atoms in total. The van der Waals surface area contributed by atoms with E-state index in [1.54, 1.807) is 43.3 Å². The second-order valence-corrected chi connectivity index (χ2v) is 7.18. The Morgan fingerprint density at radius 2 is 1.79 bits per heavy atom. The van der Waals surface area contributed by atoms with Crippen molar-refractivity contribution in [2.75, 3.05) is 36.6 Å². The van der Waals surface area contributed by atoms with Gasteiger partial charge in [-0.05, 0) is 56.3 Å². The van der Waals surface area contributed by atoms with Crippen LogP contribution in [0.3, 0.4) is 0 Å². The first kappa shape index (κ1) is 23.8. The van der Waals surface area contributed by atoms with Crippen LogP contribution in [0.4, 0.5) is 11.4 Å². The Hall–Kier alpha value is -3.88. The quantitative estimate of drug-likeness (QED) is 0.434. The molecule has 3 rings (SSSR count). The lowest BCUT2D eigenvalue weighted by Gasteiger charge is -2.29. The lowest BCUT2D eigenvalue weighted by Crippen LogP contribution is -2.43. The van der Waals surface area contributed by atoms with Crippen molar-refractivity contribution in [3.63, 3.8) is 0 Å². The number of benzene rings is 2. The van der Waals surface area contributed by atoms with Crippen LogP contribution in [-0.4, -0.2) is 49.9 Å². The summed E-state index contributed by atoms with van der Waals surface area (Å²) >= 11 is 0. The van der Waals surface area contributed by atoms with Crippen LogP contribution in [0.15, 0.2) is 42.5 Å². The zero-order valence-electron chi connectivity index (χ0n) is 18.6. The molecule has 1 aliphatic heterocycles. The van der Waals surface area contributed by atoms with Crippen molar-refractivity contribution in [3.05, 3.63) is 48.0 Å². The van der Waals surface area contributed by atoms with Crippen LogP contribution in [0.5, 0.6) is 11.5 Å². The second-order valence-electron chi connectivity index (χ2n) is 7.18. The number of anilines is 2. The monoisotopic (exact) mass is 454 g/mol. The maximum Gasteiger partial charge on any atom is 0.306 e. The Bertz CT molecular complexity index is 1030. The third kappa shape index (κ3) is 6.31. The summed E-state index contributed by atoms with van der Waals surface area (Å²) in [6.07, 6.45) is -0.0575. The van der Waals surface area contributed by atoms with Gasteiger partial charge in [-0.3, -0.25) is 24.1 Å². The third-order valence-electron chi connectivity index (χ3n) is 4.84. The highest BCUT2D eigenvalue weighted by Gasteiger charge is 2.28. The van der Waals surface area contributed by atoms with Gasteiger partial charge in [-0.2, -0.15) is 0 Å². The van der Waals surface area contributed by atoms with Gasteiger partial charge in [-0.25, -0.2) is 0 Å². The highest BCUT2D eigenvalue weighted by atomic mass is 16.5. The van der Waals surface area contributed by atoms with Gasteiger partial charge >= 0.3 is 5.97 Å². The van der Waals surface area contributed by atoms with Crippen molar-refractivity contribution in [2.24, 2.45) is 0 Å². The standard InChI is InChI=1S/C24H26N2O7/c1-3-31-18-8-6-17(7-9-18)25-22(28)14-26-19-13-16(5-11-21(19)33-15-23(26)29)20(27)10-12-24(30)32-4-2/h5-9,11,13H,3-4,10,12,14-15H2,1-2H3,(H,25,28). The van der Waals surface area contributed by atoms with Crippen LogP contribution in [0.25, 0.3) is 0 Å². The molecule has 1 N–H and O–H groups in total. The number of hydrogen-bond donors (Lipinski definition) is 1. The van der Waals surface area contributed by atoms with E-state index in [1.165, 1.54) is 11.0 Å². The molecular formula is C24H26N2O7. The highest BCUT2D eigenvalue weighted by molar-refractivity contribution is 6.06. The van der Waals surface area contributed by atoms with Gasteiger partial charge in [0.15, 0.2) is 12.4 Å². The predicted octanol–water partition coefficient (Wildman–Crippen LogP) is 2.98. The summed E-state index contributed by atoms with van der Waals surface area (Å²) in [4.78, 5) is 50.4. The molecule has 0 radical (unpaired) electrons. The van der Waals surface area contributed by atoms with E-state index < -0.39 is 17.8 Å². The van der Waals surface area contributed by atoms with E-state index in [-0.39, 0.29) is 38.4 Å². The van der Waals surface area contributed by atoms with Crippen LogP contribution < -0.4 is 19.7 Å². The number of esters is 1. The van der Waals surface area contributed by atoms with E-state index in [4.69, 9.17) is 14.2 Å². The van der Waals surface area contributed by atoms with Crippen molar-refractivity contribution in [3.8, 4) is 11.5 Å². The number of fused-ring (bicyclic) bond motifs is 1. The molecule has 2 aromatic carbocycles. The molecule has 2 amide bonds. The summed E-state index contributed by atoms with van der Waals surface area (Å²) < 4.78 is 15.7. The van der Waals surface area contributed by atoms with Gasteiger partial charge in [0.1, 0.15) is 18.0 Å². The van der Waals surface area contributed by atoms with E-state index in [2.05, 4.69) is 5.32 Å². The molecule has 174 valence electrons. The van der Waals surface area contributed by atoms with E-state index in [0.29, 0.717) is 35.0 Å². The summed E-state index contributed by atoms with van der Waals surface area (Å²) in [5, 5.41) is 2.74. The number of nitrogens with one attached hydrogen (secondary N) is 1. The molecule has 0 bridgehead atoms. The Labute approximate surface area is 191 Å². The lowest BCUT2D eigenvalue weighted by molar-refractivity contribution is -0.143. The number of ether oxygens (including phenoxy) is 3. The van der Waals surface area contributed by atoms with Crippen LogP contribution in [0.1, 0.15) is 37.0 Å². The minimum atomic E-state index is -0.449. The van der Waals surface area contributed by atoms with Gasteiger partial charge in [0.2, 0.25) is 5.91 Å². The lowest BCUT2D eigenvalue weighted by atomic mass is 10.0. The zero-order valence-corrected chi connectivity index (χ0v) is 18.6. The van der Waals surface area contributed by atoms with Gasteiger partial charge in [0.05, 0.1) is 25.3 Å². The molecule has 1 aliphatic rings. The number of carbonyl (C=O) groups excluding carboxylic acids is 4. The number of ketones is 1. The zero-order chi connectivity index (χ0) is 23.8. The summed E-state index contributed by atoms with van der Waals surface area (Å²) in [7, 11) is 0. The molecule has 2 aromatic rings. The number of nitrogens with zero attached hydrogens (tertiary/aromatic N) is 1. The molecule has 0 unspecified atom stereocenters. The topological polar surface area (TPSA) is 111 Å². The van der Waals surface area contributed by atoms with Crippen LogP contribution in [-0.2, 0) is 19.1 Å². The Kier molecular flexibility index (Phi) is 8.01. The average Bonchev–Trinajstić information content (AvgIpc) is 2.80. The molecule has 1 heterocycles. The minimum absolute atomic E-state index is 0.0232. The van der Waals surface area contributed by atoms with E-state index in [9.17, 15) is 19.2 Å². The molecule has 0 aliphatic carbocycles. The summed E-state index contributed by atoms with van der Waals surface area (Å²) in [6, 6.07) is 11.5. The molecule has 9 heteroatoms. The second kappa shape index (κ2) is 11.1. The van der Waals surface area contributed by atoms with Crippen molar-refractivity contribution >= 4 is 34.9 Å².